The first-order chi connectivity index (χ1) is 9.86. The van der Waals surface area contributed by atoms with Gasteiger partial charge in [-0.15, -0.1) is 0 Å². The molecule has 0 atom stereocenters. The number of nitrogens with zero attached hydrogens (tertiary/aromatic N) is 2. The van der Waals surface area contributed by atoms with Crippen LogP contribution in [0.2, 0.25) is 0 Å². The number of hydrogen-bond donors (Lipinski definition) is 0. The van der Waals surface area contributed by atoms with Crippen molar-refractivity contribution < 1.29 is 4.74 Å². The number of nitriles is 1. The van der Waals surface area contributed by atoms with Gasteiger partial charge >= 0.3 is 0 Å². The molecule has 0 fully saturated rings. The lowest BCUT2D eigenvalue weighted by Crippen LogP contribution is -2.04. The van der Waals surface area contributed by atoms with E-state index in [1.807, 2.05) is 18.2 Å². The Morgan fingerprint density at radius 3 is 2.85 bits per heavy atom. The summed E-state index contributed by atoms with van der Waals surface area (Å²) >= 11 is 0. The van der Waals surface area contributed by atoms with E-state index in [-0.39, 0.29) is 0 Å². The molecule has 0 radical (unpaired) electrons. The van der Waals surface area contributed by atoms with E-state index < -0.39 is 0 Å². The number of pyridine rings is 1. The molecule has 100 valence electrons. The molecule has 3 heteroatoms. The molecular formula is C17H16N2O. The fraction of sp³-hybridized carbons (Fsp3) is 0.294. The zero-order chi connectivity index (χ0) is 13.8. The molecule has 0 N–H and O–H groups in total. The highest BCUT2D eigenvalue weighted by Crippen LogP contribution is 2.25. The zero-order valence-corrected chi connectivity index (χ0v) is 11.3. The van der Waals surface area contributed by atoms with Gasteiger partial charge in [0.2, 0.25) is 0 Å². The first kappa shape index (κ1) is 12.7. The van der Waals surface area contributed by atoms with Crippen molar-refractivity contribution in [2.24, 2.45) is 0 Å². The summed E-state index contributed by atoms with van der Waals surface area (Å²) in [4.78, 5) is 4.04. The Morgan fingerprint density at radius 1 is 1.15 bits per heavy atom. The molecule has 0 saturated carbocycles. The molecule has 0 amide bonds. The summed E-state index contributed by atoms with van der Waals surface area (Å²) in [5, 5.41) is 9.01. The van der Waals surface area contributed by atoms with Crippen LogP contribution >= 0.6 is 0 Å². The summed E-state index contributed by atoms with van der Waals surface area (Å²) in [7, 11) is 0. The third kappa shape index (κ3) is 2.65. The minimum absolute atomic E-state index is 0.384. The number of aryl methyl sites for hydroxylation is 2. The van der Waals surface area contributed by atoms with Gasteiger partial charge in [-0.05, 0) is 55.0 Å². The molecule has 1 aliphatic rings. The number of aromatic nitrogens is 1. The molecule has 0 aliphatic heterocycles. The quantitative estimate of drug-likeness (QED) is 0.853. The van der Waals surface area contributed by atoms with E-state index in [2.05, 4.69) is 23.2 Å². The minimum atomic E-state index is 0.384. The molecular weight excluding hydrogens is 248 g/mol. The van der Waals surface area contributed by atoms with Gasteiger partial charge in [-0.2, -0.15) is 5.26 Å². The second-order valence-electron chi connectivity index (χ2n) is 5.05. The van der Waals surface area contributed by atoms with Crippen LogP contribution < -0.4 is 4.74 Å². The van der Waals surface area contributed by atoms with Crippen molar-refractivity contribution in [3.63, 3.8) is 0 Å². The first-order valence-corrected chi connectivity index (χ1v) is 6.95. The summed E-state index contributed by atoms with van der Waals surface area (Å²) in [6.07, 6.45) is 6.49. The van der Waals surface area contributed by atoms with Gasteiger partial charge in [0.1, 0.15) is 24.1 Å². The van der Waals surface area contributed by atoms with Crippen molar-refractivity contribution in [2.75, 3.05) is 0 Å². The second kappa shape index (κ2) is 5.75. The Balaban J connectivity index is 1.74. The summed E-state index contributed by atoms with van der Waals surface area (Å²) in [5.74, 6) is 0.874. The first-order valence-electron chi connectivity index (χ1n) is 6.95. The topological polar surface area (TPSA) is 45.9 Å². The van der Waals surface area contributed by atoms with Crippen molar-refractivity contribution in [1.29, 1.82) is 5.26 Å². The largest absolute Gasteiger partial charge is 0.489 e. The van der Waals surface area contributed by atoms with Gasteiger partial charge in [0.05, 0.1) is 0 Å². The fourth-order valence-electron chi connectivity index (χ4n) is 2.62. The number of hydrogen-bond acceptors (Lipinski definition) is 3. The summed E-state index contributed by atoms with van der Waals surface area (Å²) in [6.45, 7) is 0.384. The zero-order valence-electron chi connectivity index (χ0n) is 11.3. The highest BCUT2D eigenvalue weighted by atomic mass is 16.5. The highest BCUT2D eigenvalue weighted by Gasteiger charge is 2.10. The van der Waals surface area contributed by atoms with Crippen molar-refractivity contribution >= 4 is 0 Å². The maximum absolute atomic E-state index is 9.01. The Kier molecular flexibility index (Phi) is 3.64. The third-order valence-electron chi connectivity index (χ3n) is 3.71. The molecule has 0 bridgehead atoms. The summed E-state index contributed by atoms with van der Waals surface area (Å²) < 4.78 is 5.81. The van der Waals surface area contributed by atoms with Crippen LogP contribution in [-0.2, 0) is 19.4 Å². The molecule has 0 spiro atoms. The summed E-state index contributed by atoms with van der Waals surface area (Å²) in [6, 6.07) is 12.1. The predicted molar refractivity (Wildman–Crippen MR) is 76.4 cm³/mol. The average molecular weight is 264 g/mol. The molecule has 2 aromatic rings. The lowest BCUT2D eigenvalue weighted by atomic mass is 9.92. The number of ether oxygens (including phenoxy) is 1. The van der Waals surface area contributed by atoms with E-state index in [4.69, 9.17) is 10.00 Å². The Bertz CT molecular complexity index is 658. The second-order valence-corrected chi connectivity index (χ2v) is 5.05. The molecule has 1 heterocycles. The molecule has 3 rings (SSSR count). The van der Waals surface area contributed by atoms with Crippen LogP contribution in [0.5, 0.6) is 5.75 Å². The third-order valence-corrected chi connectivity index (χ3v) is 3.71. The summed E-state index contributed by atoms with van der Waals surface area (Å²) in [5.41, 5.74) is 4.11. The van der Waals surface area contributed by atoms with Crippen molar-refractivity contribution in [3.05, 3.63) is 58.9 Å². The van der Waals surface area contributed by atoms with Gasteiger partial charge < -0.3 is 4.74 Å². The van der Waals surface area contributed by atoms with Crippen molar-refractivity contribution in [2.45, 2.75) is 32.3 Å². The number of fused-ring (bicyclic) bond motifs is 1. The maximum atomic E-state index is 9.01. The van der Waals surface area contributed by atoms with Crippen LogP contribution in [0.1, 0.15) is 35.2 Å². The molecule has 1 aliphatic carbocycles. The van der Waals surface area contributed by atoms with E-state index in [0.717, 1.165) is 17.7 Å². The molecule has 1 aromatic carbocycles. The molecule has 20 heavy (non-hydrogen) atoms. The van der Waals surface area contributed by atoms with Crippen LogP contribution in [-0.4, -0.2) is 4.98 Å². The monoisotopic (exact) mass is 264 g/mol. The molecule has 0 unspecified atom stereocenters. The number of rotatable bonds is 3. The average Bonchev–Trinajstić information content (AvgIpc) is 2.53. The highest BCUT2D eigenvalue weighted by molar-refractivity contribution is 5.37. The normalized spacial score (nSPS) is 13.3. The standard InChI is InChI=1S/C17H16N2O/c18-11-17-15(6-3-9-19-17)12-20-16-8-7-13-4-1-2-5-14(13)10-16/h3,6-10H,1-2,4-5,12H2. The smallest absolute Gasteiger partial charge is 0.147 e. The molecule has 0 saturated heterocycles. The minimum Gasteiger partial charge on any atom is -0.489 e. The van der Waals surface area contributed by atoms with Crippen molar-refractivity contribution in [1.82, 2.24) is 4.98 Å². The van der Waals surface area contributed by atoms with E-state index in [9.17, 15) is 0 Å². The van der Waals surface area contributed by atoms with Crippen LogP contribution in [0.4, 0.5) is 0 Å². The van der Waals surface area contributed by atoms with Crippen LogP contribution in [0.15, 0.2) is 36.5 Å². The van der Waals surface area contributed by atoms with Crippen LogP contribution in [0, 0.1) is 11.3 Å². The van der Waals surface area contributed by atoms with Gasteiger partial charge in [0, 0.05) is 11.8 Å². The van der Waals surface area contributed by atoms with Gasteiger partial charge in [-0.3, -0.25) is 0 Å². The van der Waals surface area contributed by atoms with Gasteiger partial charge in [-0.1, -0.05) is 12.1 Å². The van der Waals surface area contributed by atoms with Gasteiger partial charge in [0.15, 0.2) is 0 Å². The molecule has 1 aromatic heterocycles. The maximum Gasteiger partial charge on any atom is 0.147 e. The van der Waals surface area contributed by atoms with E-state index in [0.29, 0.717) is 12.3 Å². The SMILES string of the molecule is N#Cc1ncccc1COc1ccc2c(c1)CCCC2. The lowest BCUT2D eigenvalue weighted by Gasteiger charge is -2.16. The molecule has 3 nitrogen and oxygen atoms in total. The van der Waals surface area contributed by atoms with Crippen LogP contribution in [0.3, 0.4) is 0 Å². The van der Waals surface area contributed by atoms with Gasteiger partial charge in [-0.25, -0.2) is 4.98 Å². The Labute approximate surface area is 118 Å². The van der Waals surface area contributed by atoms with E-state index in [1.165, 1.54) is 30.4 Å². The Hall–Kier alpha value is -2.34. The van der Waals surface area contributed by atoms with E-state index in [1.54, 1.807) is 6.20 Å². The van der Waals surface area contributed by atoms with E-state index >= 15 is 0 Å². The fourth-order valence-corrected chi connectivity index (χ4v) is 2.62. The van der Waals surface area contributed by atoms with Crippen LogP contribution in [0.25, 0.3) is 0 Å². The van der Waals surface area contributed by atoms with Gasteiger partial charge in [0.25, 0.3) is 0 Å². The van der Waals surface area contributed by atoms with Crippen molar-refractivity contribution in [3.8, 4) is 11.8 Å². The Morgan fingerprint density at radius 2 is 2.00 bits per heavy atom. The number of benzene rings is 1. The predicted octanol–water partition coefficient (Wildman–Crippen LogP) is 3.41. The lowest BCUT2D eigenvalue weighted by molar-refractivity contribution is 0.305.